The molecule has 0 aromatic carbocycles. The number of carbonyl (C=O) groups is 1. The molecule has 1 heterocycles. The molecule has 0 radical (unpaired) electrons. The zero-order chi connectivity index (χ0) is 17.2. The zero-order valence-corrected chi connectivity index (χ0v) is 15.1. The topological polar surface area (TPSA) is 60.5 Å². The Hall–Kier alpha value is -1.17. The standard InChI is InChI=1S/C18H27ClN2O3/c1-2-23-18(22)9-10-20-11-14-3-7-17(8-4-14)24-13-16-6-5-15(19)12-21-16/h5-6,12,14,17,20H,2-4,7-11,13H2,1H3. The van der Waals surface area contributed by atoms with E-state index in [-0.39, 0.29) is 5.97 Å². The van der Waals surface area contributed by atoms with Gasteiger partial charge in [-0.05, 0) is 57.2 Å². The van der Waals surface area contributed by atoms with Crippen LogP contribution < -0.4 is 5.32 Å². The molecular weight excluding hydrogens is 328 g/mol. The van der Waals surface area contributed by atoms with Crippen molar-refractivity contribution in [1.82, 2.24) is 10.3 Å². The molecule has 1 aromatic rings. The van der Waals surface area contributed by atoms with Crippen molar-refractivity contribution in [2.45, 2.75) is 51.7 Å². The van der Waals surface area contributed by atoms with Gasteiger partial charge in [-0.2, -0.15) is 0 Å². The number of pyridine rings is 1. The molecule has 0 bridgehead atoms. The maximum Gasteiger partial charge on any atom is 0.307 e. The third-order valence-corrected chi connectivity index (χ3v) is 4.52. The normalized spacial score (nSPS) is 20.8. The average Bonchev–Trinajstić information content (AvgIpc) is 2.59. The minimum absolute atomic E-state index is 0.127. The number of aromatic nitrogens is 1. The second-order valence-electron chi connectivity index (χ2n) is 6.18. The summed E-state index contributed by atoms with van der Waals surface area (Å²) in [6.45, 7) is 4.48. The smallest absolute Gasteiger partial charge is 0.307 e. The summed E-state index contributed by atoms with van der Waals surface area (Å²) >= 11 is 5.83. The lowest BCUT2D eigenvalue weighted by atomic mass is 9.87. The number of nitrogens with zero attached hydrogens (tertiary/aromatic N) is 1. The summed E-state index contributed by atoms with van der Waals surface area (Å²) in [5, 5.41) is 4.01. The van der Waals surface area contributed by atoms with Gasteiger partial charge in [-0.15, -0.1) is 0 Å². The fraction of sp³-hybridized carbons (Fsp3) is 0.667. The van der Waals surface area contributed by atoms with E-state index in [0.717, 1.165) is 37.9 Å². The Bertz CT molecular complexity index is 488. The molecule has 1 fully saturated rings. The van der Waals surface area contributed by atoms with Gasteiger partial charge in [0.25, 0.3) is 0 Å². The van der Waals surface area contributed by atoms with E-state index in [4.69, 9.17) is 21.1 Å². The van der Waals surface area contributed by atoms with Gasteiger partial charge in [0, 0.05) is 12.7 Å². The summed E-state index contributed by atoms with van der Waals surface area (Å²) in [6.07, 6.45) is 6.89. The van der Waals surface area contributed by atoms with Gasteiger partial charge in [0.15, 0.2) is 0 Å². The number of halogens is 1. The lowest BCUT2D eigenvalue weighted by Crippen LogP contribution is -2.30. The Labute approximate surface area is 149 Å². The highest BCUT2D eigenvalue weighted by molar-refractivity contribution is 6.30. The number of nitrogens with one attached hydrogen (secondary N) is 1. The van der Waals surface area contributed by atoms with Crippen molar-refractivity contribution in [3.05, 3.63) is 29.0 Å². The highest BCUT2D eigenvalue weighted by Gasteiger charge is 2.21. The summed E-state index contributed by atoms with van der Waals surface area (Å²) in [4.78, 5) is 15.5. The van der Waals surface area contributed by atoms with Crippen molar-refractivity contribution in [2.75, 3.05) is 19.7 Å². The fourth-order valence-electron chi connectivity index (χ4n) is 2.93. The van der Waals surface area contributed by atoms with E-state index in [9.17, 15) is 4.79 Å². The maximum atomic E-state index is 11.3. The molecule has 6 heteroatoms. The van der Waals surface area contributed by atoms with Crippen LogP contribution in [0.25, 0.3) is 0 Å². The highest BCUT2D eigenvalue weighted by Crippen LogP contribution is 2.26. The summed E-state index contributed by atoms with van der Waals surface area (Å²) < 4.78 is 10.9. The molecular formula is C18H27ClN2O3. The van der Waals surface area contributed by atoms with Gasteiger partial charge in [-0.3, -0.25) is 9.78 Å². The first-order valence-electron chi connectivity index (χ1n) is 8.75. The van der Waals surface area contributed by atoms with Crippen LogP contribution in [0.15, 0.2) is 18.3 Å². The Morgan fingerprint density at radius 2 is 2.12 bits per heavy atom. The second-order valence-corrected chi connectivity index (χ2v) is 6.62. The lowest BCUT2D eigenvalue weighted by molar-refractivity contribution is -0.142. The molecule has 24 heavy (non-hydrogen) atoms. The number of ether oxygens (including phenoxy) is 2. The van der Waals surface area contributed by atoms with Crippen LogP contribution in [-0.4, -0.2) is 36.8 Å². The van der Waals surface area contributed by atoms with Crippen molar-refractivity contribution in [1.29, 1.82) is 0 Å². The van der Waals surface area contributed by atoms with Crippen molar-refractivity contribution in [3.63, 3.8) is 0 Å². The Kier molecular flexibility index (Phi) is 8.50. The summed E-state index contributed by atoms with van der Waals surface area (Å²) in [6, 6.07) is 3.74. The number of hydrogen-bond donors (Lipinski definition) is 1. The molecule has 1 aliphatic rings. The van der Waals surface area contributed by atoms with Crippen LogP contribution in [0, 0.1) is 5.92 Å². The molecule has 0 saturated heterocycles. The Morgan fingerprint density at radius 1 is 1.33 bits per heavy atom. The van der Waals surface area contributed by atoms with Gasteiger partial charge >= 0.3 is 5.97 Å². The SMILES string of the molecule is CCOC(=O)CCNCC1CCC(OCc2ccc(Cl)cn2)CC1. The molecule has 1 aromatic heterocycles. The molecule has 0 aliphatic heterocycles. The van der Waals surface area contributed by atoms with E-state index >= 15 is 0 Å². The minimum atomic E-state index is -0.127. The van der Waals surface area contributed by atoms with Crippen molar-refractivity contribution in [3.8, 4) is 0 Å². The number of carbonyl (C=O) groups excluding carboxylic acids is 1. The van der Waals surface area contributed by atoms with E-state index < -0.39 is 0 Å². The van der Waals surface area contributed by atoms with Crippen molar-refractivity contribution in [2.24, 2.45) is 5.92 Å². The molecule has 2 rings (SSSR count). The average molecular weight is 355 g/mol. The zero-order valence-electron chi connectivity index (χ0n) is 14.3. The van der Waals surface area contributed by atoms with Crippen LogP contribution in [0.2, 0.25) is 5.02 Å². The van der Waals surface area contributed by atoms with Gasteiger partial charge in [0.05, 0.1) is 36.5 Å². The van der Waals surface area contributed by atoms with Crippen LogP contribution in [0.1, 0.15) is 44.7 Å². The fourth-order valence-corrected chi connectivity index (χ4v) is 3.04. The molecule has 0 amide bonds. The van der Waals surface area contributed by atoms with E-state index in [1.807, 2.05) is 19.1 Å². The van der Waals surface area contributed by atoms with Gasteiger partial charge in [0.1, 0.15) is 0 Å². The predicted molar refractivity (Wildman–Crippen MR) is 93.9 cm³/mol. The van der Waals surface area contributed by atoms with E-state index in [2.05, 4.69) is 10.3 Å². The number of hydrogen-bond acceptors (Lipinski definition) is 5. The van der Waals surface area contributed by atoms with Crippen LogP contribution in [0.3, 0.4) is 0 Å². The molecule has 0 spiro atoms. The van der Waals surface area contributed by atoms with Gasteiger partial charge in [0.2, 0.25) is 0 Å². The minimum Gasteiger partial charge on any atom is -0.466 e. The summed E-state index contributed by atoms with van der Waals surface area (Å²) in [5.74, 6) is 0.540. The second kappa shape index (κ2) is 10.6. The van der Waals surface area contributed by atoms with Gasteiger partial charge in [-0.1, -0.05) is 11.6 Å². The monoisotopic (exact) mass is 354 g/mol. The van der Waals surface area contributed by atoms with Crippen LogP contribution >= 0.6 is 11.6 Å². The van der Waals surface area contributed by atoms with Gasteiger partial charge < -0.3 is 14.8 Å². The quantitative estimate of drug-likeness (QED) is 0.544. The first kappa shape index (κ1) is 19.2. The largest absolute Gasteiger partial charge is 0.466 e. The summed E-state index contributed by atoms with van der Waals surface area (Å²) in [5.41, 5.74) is 0.919. The molecule has 5 nitrogen and oxygen atoms in total. The van der Waals surface area contributed by atoms with Crippen molar-refractivity contribution < 1.29 is 14.3 Å². The number of esters is 1. The third kappa shape index (κ3) is 7.16. The highest BCUT2D eigenvalue weighted by atomic mass is 35.5. The lowest BCUT2D eigenvalue weighted by Gasteiger charge is -2.28. The van der Waals surface area contributed by atoms with E-state index in [1.54, 1.807) is 6.20 Å². The Balaban J connectivity index is 1.54. The van der Waals surface area contributed by atoms with Crippen molar-refractivity contribution >= 4 is 17.6 Å². The molecule has 0 atom stereocenters. The van der Waals surface area contributed by atoms with Crippen LogP contribution in [0.4, 0.5) is 0 Å². The first-order valence-corrected chi connectivity index (χ1v) is 9.13. The van der Waals surface area contributed by atoms with Crippen LogP contribution in [0.5, 0.6) is 0 Å². The molecule has 1 saturated carbocycles. The molecule has 1 aliphatic carbocycles. The van der Waals surface area contributed by atoms with Gasteiger partial charge in [-0.25, -0.2) is 0 Å². The van der Waals surface area contributed by atoms with E-state index in [1.165, 1.54) is 0 Å². The van der Waals surface area contributed by atoms with E-state index in [0.29, 0.717) is 43.2 Å². The third-order valence-electron chi connectivity index (χ3n) is 4.29. The summed E-state index contributed by atoms with van der Waals surface area (Å²) in [7, 11) is 0. The first-order chi connectivity index (χ1) is 11.7. The Morgan fingerprint density at radius 3 is 2.79 bits per heavy atom. The number of rotatable bonds is 9. The molecule has 134 valence electrons. The molecule has 0 unspecified atom stereocenters. The van der Waals surface area contributed by atoms with Crippen LogP contribution in [-0.2, 0) is 20.9 Å². The molecule has 1 N–H and O–H groups in total. The maximum absolute atomic E-state index is 11.3. The predicted octanol–water partition coefficient (Wildman–Crippen LogP) is 3.35.